The predicted octanol–water partition coefficient (Wildman–Crippen LogP) is 5.85. The Kier molecular flexibility index (Phi) is 5.20. The summed E-state index contributed by atoms with van der Waals surface area (Å²) in [6.07, 6.45) is 0.967. The molecule has 0 aliphatic carbocycles. The van der Waals surface area contributed by atoms with Crippen LogP contribution in [0.1, 0.15) is 38.8 Å². The molecule has 0 spiro atoms. The molecule has 0 N–H and O–H groups in total. The molecule has 1 aromatic carbocycles. The Morgan fingerprint density at radius 3 is 2.47 bits per heavy atom. The summed E-state index contributed by atoms with van der Waals surface area (Å²) in [5.74, 6) is 0. The molecule has 0 heterocycles. The first-order valence-electron chi connectivity index (χ1n) is 5.71. The summed E-state index contributed by atoms with van der Waals surface area (Å²) in [5.41, 5.74) is 3.40. The molecular weight excluding hydrogens is 296 g/mol. The minimum Gasteiger partial charge on any atom is -0.143 e. The second-order valence-corrected chi connectivity index (χ2v) is 7.46. The highest BCUT2D eigenvalue weighted by Gasteiger charge is 2.11. The van der Waals surface area contributed by atoms with Gasteiger partial charge in [-0.3, -0.25) is 0 Å². The van der Waals surface area contributed by atoms with Crippen LogP contribution in [0.25, 0.3) is 0 Å². The fourth-order valence-corrected chi connectivity index (χ4v) is 2.39. The molecule has 0 bridgehead atoms. The van der Waals surface area contributed by atoms with Gasteiger partial charge in [-0.1, -0.05) is 22.9 Å². The Morgan fingerprint density at radius 1 is 1.29 bits per heavy atom. The van der Waals surface area contributed by atoms with Crippen molar-refractivity contribution < 1.29 is 0 Å². The Hall–Kier alpha value is -0.350. The third-order valence-corrected chi connectivity index (χ3v) is 3.35. The van der Waals surface area contributed by atoms with Crippen molar-refractivity contribution in [3.8, 4) is 0 Å². The van der Waals surface area contributed by atoms with E-state index in [1.165, 1.54) is 17.5 Å². The molecule has 4 heteroatoms. The van der Waals surface area contributed by atoms with Gasteiger partial charge >= 0.3 is 0 Å². The molecule has 0 aliphatic rings. The van der Waals surface area contributed by atoms with Crippen molar-refractivity contribution in [3.05, 3.63) is 27.7 Å². The lowest BCUT2D eigenvalue weighted by Crippen LogP contribution is -2.04. The van der Waals surface area contributed by atoms with Crippen molar-refractivity contribution in [2.75, 3.05) is 0 Å². The van der Waals surface area contributed by atoms with E-state index >= 15 is 0 Å². The van der Waals surface area contributed by atoms with Crippen LogP contribution in [0.2, 0.25) is 0 Å². The van der Waals surface area contributed by atoms with E-state index in [-0.39, 0.29) is 4.75 Å². The lowest BCUT2D eigenvalue weighted by atomic mass is 10.1. The highest BCUT2D eigenvalue weighted by Crippen LogP contribution is 2.32. The van der Waals surface area contributed by atoms with Crippen molar-refractivity contribution in [2.24, 2.45) is 9.63 Å². The first-order chi connectivity index (χ1) is 7.83. The molecule has 0 fully saturated rings. The van der Waals surface area contributed by atoms with Gasteiger partial charge in [-0.2, -0.15) is 0 Å². The number of halogens is 1. The number of hydrogen-bond acceptors (Lipinski definition) is 3. The maximum atomic E-state index is 4.37. The van der Waals surface area contributed by atoms with Gasteiger partial charge in [0.1, 0.15) is 0 Å². The van der Waals surface area contributed by atoms with Crippen molar-refractivity contribution in [3.63, 3.8) is 0 Å². The van der Waals surface area contributed by atoms with E-state index in [9.17, 15) is 0 Å². The second kappa shape index (κ2) is 6.01. The third-order valence-electron chi connectivity index (χ3n) is 2.18. The summed E-state index contributed by atoms with van der Waals surface area (Å²) >= 11 is 5.02. The lowest BCUT2D eigenvalue weighted by Gasteiger charge is -2.12. The van der Waals surface area contributed by atoms with Gasteiger partial charge < -0.3 is 0 Å². The summed E-state index contributed by atoms with van der Waals surface area (Å²) in [6.45, 7) is 10.6. The van der Waals surface area contributed by atoms with E-state index in [0.717, 1.165) is 22.1 Å². The van der Waals surface area contributed by atoms with E-state index in [4.69, 9.17) is 0 Å². The van der Waals surface area contributed by atoms with Crippen LogP contribution in [0.4, 0.5) is 5.69 Å². The highest BCUT2D eigenvalue weighted by atomic mass is 79.9. The predicted molar refractivity (Wildman–Crippen MR) is 80.1 cm³/mol. The van der Waals surface area contributed by atoms with E-state index in [1.54, 1.807) is 0 Å². The summed E-state index contributed by atoms with van der Waals surface area (Å²) in [7, 11) is 0. The molecule has 0 saturated heterocycles. The zero-order valence-corrected chi connectivity index (χ0v) is 13.4. The molecule has 0 amide bonds. The summed E-state index contributed by atoms with van der Waals surface area (Å²) < 4.78 is 5.45. The van der Waals surface area contributed by atoms with Gasteiger partial charge in [-0.25, -0.2) is 0 Å². The van der Waals surface area contributed by atoms with Gasteiger partial charge in [-0.05, 0) is 57.4 Å². The fourth-order valence-electron chi connectivity index (χ4n) is 1.40. The molecule has 17 heavy (non-hydrogen) atoms. The minimum atomic E-state index is 0.110. The zero-order chi connectivity index (χ0) is 13.1. The number of aryl methyl sites for hydroxylation is 2. The Bertz CT molecular complexity index is 422. The largest absolute Gasteiger partial charge is 0.143 e. The van der Waals surface area contributed by atoms with E-state index in [1.807, 2.05) is 0 Å². The number of hydrogen-bond donors (Lipinski definition) is 0. The van der Waals surface area contributed by atoms with Gasteiger partial charge in [0, 0.05) is 21.2 Å². The quantitative estimate of drug-likeness (QED) is 0.507. The maximum absolute atomic E-state index is 4.37. The number of nitrogens with zero attached hydrogens (tertiary/aromatic N) is 2. The molecule has 1 aromatic rings. The van der Waals surface area contributed by atoms with E-state index in [0.29, 0.717) is 0 Å². The normalized spacial score (nSPS) is 12.4. The first-order valence-corrected chi connectivity index (χ1v) is 7.28. The Labute approximate surface area is 117 Å². The molecule has 2 nitrogen and oxygen atoms in total. The first kappa shape index (κ1) is 14.7. The van der Waals surface area contributed by atoms with Crippen molar-refractivity contribution in [1.82, 2.24) is 0 Å². The smallest absolute Gasteiger partial charge is 0.0925 e. The van der Waals surface area contributed by atoms with E-state index < -0.39 is 0 Å². The molecule has 0 aromatic heterocycles. The molecule has 0 radical (unpaired) electrons. The third kappa shape index (κ3) is 4.80. The van der Waals surface area contributed by atoms with Crippen LogP contribution in [-0.4, -0.2) is 4.75 Å². The second-order valence-electron chi connectivity index (χ2n) is 4.97. The molecular formula is C13H19BrN2S. The molecule has 94 valence electrons. The topological polar surface area (TPSA) is 24.7 Å². The Morgan fingerprint density at radius 2 is 1.94 bits per heavy atom. The summed E-state index contributed by atoms with van der Waals surface area (Å²) in [4.78, 5) is 0. The van der Waals surface area contributed by atoms with Crippen LogP contribution in [0, 0.1) is 6.92 Å². The van der Waals surface area contributed by atoms with Gasteiger partial charge in [-0.15, -0.1) is 9.63 Å². The zero-order valence-electron chi connectivity index (χ0n) is 11.0. The highest BCUT2D eigenvalue weighted by molar-refractivity contribution is 9.10. The molecule has 1 rings (SSSR count). The molecule has 0 aliphatic heterocycles. The monoisotopic (exact) mass is 314 g/mol. The van der Waals surface area contributed by atoms with Gasteiger partial charge in [0.2, 0.25) is 0 Å². The minimum absolute atomic E-state index is 0.110. The average molecular weight is 315 g/mol. The number of rotatable bonds is 3. The molecule has 0 atom stereocenters. The molecule has 0 saturated carbocycles. The van der Waals surface area contributed by atoms with Crippen molar-refractivity contribution >= 4 is 33.6 Å². The van der Waals surface area contributed by atoms with Crippen LogP contribution < -0.4 is 0 Å². The van der Waals surface area contributed by atoms with Gasteiger partial charge in [0.05, 0.1) is 5.69 Å². The summed E-state index contributed by atoms with van der Waals surface area (Å²) in [6, 6.07) is 4.19. The van der Waals surface area contributed by atoms with E-state index in [2.05, 4.69) is 72.3 Å². The van der Waals surface area contributed by atoms with Crippen LogP contribution in [0.5, 0.6) is 0 Å². The van der Waals surface area contributed by atoms with Gasteiger partial charge in [0.25, 0.3) is 0 Å². The molecule has 0 unspecified atom stereocenters. The van der Waals surface area contributed by atoms with Crippen LogP contribution in [0.15, 0.2) is 26.2 Å². The van der Waals surface area contributed by atoms with Crippen molar-refractivity contribution in [2.45, 2.75) is 45.8 Å². The van der Waals surface area contributed by atoms with Crippen molar-refractivity contribution in [1.29, 1.82) is 0 Å². The number of benzene rings is 1. The maximum Gasteiger partial charge on any atom is 0.0925 e. The average Bonchev–Trinajstić information content (AvgIpc) is 2.18. The van der Waals surface area contributed by atoms with Crippen LogP contribution in [0.3, 0.4) is 0 Å². The summed E-state index contributed by atoms with van der Waals surface area (Å²) in [5, 5.41) is 4.37. The van der Waals surface area contributed by atoms with Crippen LogP contribution in [-0.2, 0) is 6.42 Å². The fraction of sp³-hybridized carbons (Fsp3) is 0.538. The van der Waals surface area contributed by atoms with Gasteiger partial charge in [0.15, 0.2) is 0 Å². The standard InChI is InChI=1S/C13H19BrN2S/c1-6-10-8-11(14)7-9(2)12(10)15-16-17-13(3,4)5/h7-8H,6H2,1-5H3. The Balaban J connectivity index is 2.98. The van der Waals surface area contributed by atoms with Crippen LogP contribution >= 0.6 is 27.9 Å². The SMILES string of the molecule is CCc1cc(Br)cc(C)c1N=NSC(C)(C)C. The lowest BCUT2D eigenvalue weighted by molar-refractivity contribution is 0.802.